The Balaban J connectivity index is 1.52. The number of hydrogen-bond acceptors (Lipinski definition) is 4. The number of carbonyl (C=O) groups is 1. The summed E-state index contributed by atoms with van der Waals surface area (Å²) >= 11 is 3.38. The third-order valence-electron chi connectivity index (χ3n) is 4.80. The summed E-state index contributed by atoms with van der Waals surface area (Å²) in [6, 6.07) is 8.59. The molecule has 0 aliphatic carbocycles. The van der Waals surface area contributed by atoms with Crippen molar-refractivity contribution < 1.29 is 14.3 Å². The molecule has 2 fully saturated rings. The highest BCUT2D eigenvalue weighted by molar-refractivity contribution is 9.10. The van der Waals surface area contributed by atoms with Crippen molar-refractivity contribution in [2.75, 3.05) is 7.05 Å². The molecule has 2 heterocycles. The molecule has 0 N–H and O–H groups in total. The van der Waals surface area contributed by atoms with E-state index in [1.807, 2.05) is 24.3 Å². The molecule has 1 aromatic carbocycles. The van der Waals surface area contributed by atoms with Gasteiger partial charge in [-0.15, -0.1) is 0 Å². The lowest BCUT2D eigenvalue weighted by Gasteiger charge is -2.36. The van der Waals surface area contributed by atoms with Crippen LogP contribution < -0.4 is 4.74 Å². The normalized spacial score (nSPS) is 29.1. The van der Waals surface area contributed by atoms with E-state index in [2.05, 4.69) is 27.9 Å². The Kier molecular flexibility index (Phi) is 4.73. The summed E-state index contributed by atoms with van der Waals surface area (Å²) < 4.78 is 12.3. The summed E-state index contributed by atoms with van der Waals surface area (Å²) in [5.74, 6) is 0.410. The standard InChI is InChI=1S/C17H22BrNO3/c1-11(21-15-7-3-12(18)4-8-15)17(20)22-16-9-13-5-6-14(10-16)19(13)2/h3-4,7-8,11,13-14,16H,5-6,9-10H2,1-2H3. The Hall–Kier alpha value is -1.07. The van der Waals surface area contributed by atoms with E-state index in [4.69, 9.17) is 9.47 Å². The fourth-order valence-electron chi connectivity index (χ4n) is 3.48. The van der Waals surface area contributed by atoms with Gasteiger partial charge in [0.05, 0.1) is 0 Å². The summed E-state index contributed by atoms with van der Waals surface area (Å²) in [6.45, 7) is 1.74. The van der Waals surface area contributed by atoms with Crippen molar-refractivity contribution in [1.82, 2.24) is 4.90 Å². The number of piperidine rings is 1. The molecule has 1 aromatic rings. The number of hydrogen-bond donors (Lipinski definition) is 0. The Bertz CT molecular complexity index is 519. The van der Waals surface area contributed by atoms with Gasteiger partial charge >= 0.3 is 5.97 Å². The number of carbonyl (C=O) groups excluding carboxylic acids is 1. The molecular formula is C17H22BrNO3. The van der Waals surface area contributed by atoms with Gasteiger partial charge < -0.3 is 14.4 Å². The maximum Gasteiger partial charge on any atom is 0.347 e. The van der Waals surface area contributed by atoms with Crippen LogP contribution in [-0.2, 0) is 9.53 Å². The minimum absolute atomic E-state index is 0.0390. The van der Waals surface area contributed by atoms with E-state index in [0.29, 0.717) is 17.8 Å². The molecule has 5 heteroatoms. The van der Waals surface area contributed by atoms with Crippen molar-refractivity contribution >= 4 is 21.9 Å². The van der Waals surface area contributed by atoms with Gasteiger partial charge in [0.1, 0.15) is 11.9 Å². The molecule has 22 heavy (non-hydrogen) atoms. The van der Waals surface area contributed by atoms with Gasteiger partial charge in [0.2, 0.25) is 0 Å². The molecular weight excluding hydrogens is 346 g/mol. The van der Waals surface area contributed by atoms with E-state index < -0.39 is 6.10 Å². The molecule has 2 aliphatic heterocycles. The molecule has 0 aromatic heterocycles. The van der Waals surface area contributed by atoms with Gasteiger partial charge in [-0.05, 0) is 63.9 Å². The number of halogens is 1. The van der Waals surface area contributed by atoms with Crippen LogP contribution in [0.25, 0.3) is 0 Å². The largest absolute Gasteiger partial charge is 0.479 e. The van der Waals surface area contributed by atoms with Crippen LogP contribution in [0.1, 0.15) is 32.6 Å². The first-order chi connectivity index (χ1) is 10.5. The zero-order valence-electron chi connectivity index (χ0n) is 13.0. The van der Waals surface area contributed by atoms with E-state index in [-0.39, 0.29) is 12.1 Å². The van der Waals surface area contributed by atoms with Crippen molar-refractivity contribution in [2.45, 2.75) is 56.9 Å². The van der Waals surface area contributed by atoms with E-state index >= 15 is 0 Å². The lowest BCUT2D eigenvalue weighted by atomic mass is 10.0. The van der Waals surface area contributed by atoms with Crippen molar-refractivity contribution in [3.05, 3.63) is 28.7 Å². The summed E-state index contributed by atoms with van der Waals surface area (Å²) in [5, 5.41) is 0. The minimum atomic E-state index is -0.585. The van der Waals surface area contributed by atoms with Gasteiger partial charge in [-0.3, -0.25) is 0 Å². The summed E-state index contributed by atoms with van der Waals surface area (Å²) in [7, 11) is 2.18. The average Bonchev–Trinajstić information content (AvgIpc) is 2.72. The van der Waals surface area contributed by atoms with Crippen LogP contribution in [0.5, 0.6) is 5.75 Å². The third kappa shape index (κ3) is 3.46. The monoisotopic (exact) mass is 367 g/mol. The molecule has 3 unspecified atom stereocenters. The molecule has 2 aliphatic rings. The molecule has 120 valence electrons. The van der Waals surface area contributed by atoms with Crippen LogP contribution in [0, 0.1) is 0 Å². The SMILES string of the molecule is CC(Oc1ccc(Br)cc1)C(=O)OC1CC2CCC(C1)N2C. The highest BCUT2D eigenvalue weighted by Gasteiger charge is 2.40. The van der Waals surface area contributed by atoms with Gasteiger partial charge in [-0.1, -0.05) is 15.9 Å². The van der Waals surface area contributed by atoms with E-state index in [0.717, 1.165) is 17.3 Å². The second kappa shape index (κ2) is 6.59. The summed E-state index contributed by atoms with van der Waals surface area (Å²) in [6.07, 6.45) is 3.80. The van der Waals surface area contributed by atoms with Crippen LogP contribution in [-0.4, -0.2) is 42.2 Å². The molecule has 0 amide bonds. The predicted octanol–water partition coefficient (Wildman–Crippen LogP) is 3.38. The molecule has 2 saturated heterocycles. The summed E-state index contributed by atoms with van der Waals surface area (Å²) in [5.41, 5.74) is 0. The Morgan fingerprint density at radius 1 is 1.23 bits per heavy atom. The third-order valence-corrected chi connectivity index (χ3v) is 5.32. The van der Waals surface area contributed by atoms with Crippen molar-refractivity contribution in [1.29, 1.82) is 0 Å². The van der Waals surface area contributed by atoms with Crippen LogP contribution in [0.2, 0.25) is 0 Å². The fourth-order valence-corrected chi connectivity index (χ4v) is 3.75. The number of benzene rings is 1. The topological polar surface area (TPSA) is 38.8 Å². The molecule has 3 atom stereocenters. The Morgan fingerprint density at radius 3 is 2.41 bits per heavy atom. The predicted molar refractivity (Wildman–Crippen MR) is 87.9 cm³/mol. The van der Waals surface area contributed by atoms with Crippen LogP contribution in [0.4, 0.5) is 0 Å². The smallest absolute Gasteiger partial charge is 0.347 e. The van der Waals surface area contributed by atoms with Gasteiger partial charge in [-0.25, -0.2) is 4.79 Å². The Labute approximate surface area is 139 Å². The van der Waals surface area contributed by atoms with Crippen LogP contribution in [0.3, 0.4) is 0 Å². The van der Waals surface area contributed by atoms with Crippen LogP contribution in [0.15, 0.2) is 28.7 Å². The molecule has 2 bridgehead atoms. The average molecular weight is 368 g/mol. The minimum Gasteiger partial charge on any atom is -0.479 e. The second-order valence-corrected chi connectivity index (χ2v) is 7.21. The lowest BCUT2D eigenvalue weighted by molar-refractivity contribution is -0.159. The van der Waals surface area contributed by atoms with Gasteiger partial charge in [0, 0.05) is 16.6 Å². The van der Waals surface area contributed by atoms with Crippen molar-refractivity contribution in [3.8, 4) is 5.75 Å². The first kappa shape index (κ1) is 15.8. The maximum absolute atomic E-state index is 12.2. The number of fused-ring (bicyclic) bond motifs is 2. The second-order valence-electron chi connectivity index (χ2n) is 6.29. The van der Waals surface area contributed by atoms with E-state index in [1.54, 1.807) is 6.92 Å². The quantitative estimate of drug-likeness (QED) is 0.764. The molecule has 0 saturated carbocycles. The number of rotatable bonds is 4. The number of ether oxygens (including phenoxy) is 2. The number of nitrogens with zero attached hydrogens (tertiary/aromatic N) is 1. The van der Waals surface area contributed by atoms with Gasteiger partial charge in [0.15, 0.2) is 6.10 Å². The fraction of sp³-hybridized carbons (Fsp3) is 0.588. The van der Waals surface area contributed by atoms with Gasteiger partial charge in [-0.2, -0.15) is 0 Å². The Morgan fingerprint density at radius 2 is 1.82 bits per heavy atom. The first-order valence-electron chi connectivity index (χ1n) is 7.87. The maximum atomic E-state index is 12.2. The van der Waals surface area contributed by atoms with Gasteiger partial charge in [0.25, 0.3) is 0 Å². The zero-order valence-corrected chi connectivity index (χ0v) is 14.6. The summed E-state index contributed by atoms with van der Waals surface area (Å²) in [4.78, 5) is 14.7. The highest BCUT2D eigenvalue weighted by Crippen LogP contribution is 2.35. The molecule has 4 nitrogen and oxygen atoms in total. The molecule has 0 radical (unpaired) electrons. The zero-order chi connectivity index (χ0) is 15.7. The van der Waals surface area contributed by atoms with E-state index in [1.165, 1.54) is 12.8 Å². The highest BCUT2D eigenvalue weighted by atomic mass is 79.9. The van der Waals surface area contributed by atoms with E-state index in [9.17, 15) is 4.79 Å². The van der Waals surface area contributed by atoms with Crippen molar-refractivity contribution in [3.63, 3.8) is 0 Å². The van der Waals surface area contributed by atoms with Crippen LogP contribution >= 0.6 is 15.9 Å². The number of esters is 1. The molecule has 0 spiro atoms. The lowest BCUT2D eigenvalue weighted by Crippen LogP contribution is -2.44. The first-order valence-corrected chi connectivity index (χ1v) is 8.67. The molecule has 3 rings (SSSR count). The van der Waals surface area contributed by atoms with Crippen molar-refractivity contribution in [2.24, 2.45) is 0 Å².